The molecule has 2 aromatic carbocycles. The predicted octanol–water partition coefficient (Wildman–Crippen LogP) is 4.11. The molecule has 1 saturated heterocycles. The number of hydrogen-bond donors (Lipinski definition) is 1. The van der Waals surface area contributed by atoms with E-state index in [2.05, 4.69) is 16.8 Å². The summed E-state index contributed by atoms with van der Waals surface area (Å²) in [4.78, 5) is 17.5. The molecule has 1 N–H and O–H groups in total. The highest BCUT2D eigenvalue weighted by Gasteiger charge is 2.25. The van der Waals surface area contributed by atoms with Gasteiger partial charge in [0.25, 0.3) is 0 Å². The molecule has 7 heteroatoms. The summed E-state index contributed by atoms with van der Waals surface area (Å²) in [6.45, 7) is 9.58. The number of methoxy groups -OCH3 is 1. The second-order valence-corrected chi connectivity index (χ2v) is 9.51. The van der Waals surface area contributed by atoms with Crippen molar-refractivity contribution >= 4 is 17.9 Å². The van der Waals surface area contributed by atoms with Crippen molar-refractivity contribution in [3.05, 3.63) is 59.2 Å². The van der Waals surface area contributed by atoms with Crippen LogP contribution in [0, 0.1) is 0 Å². The maximum Gasteiger partial charge on any atom is 0.189 e. The monoisotopic (exact) mass is 478 g/mol. The van der Waals surface area contributed by atoms with Crippen molar-refractivity contribution in [2.24, 2.45) is 0 Å². The Morgan fingerprint density at radius 3 is 2.66 bits per heavy atom. The first-order chi connectivity index (χ1) is 16.8. The smallest absolute Gasteiger partial charge is 0.189 e. The van der Waals surface area contributed by atoms with E-state index in [0.29, 0.717) is 29.4 Å². The van der Waals surface area contributed by atoms with Crippen molar-refractivity contribution in [3.8, 4) is 23.0 Å². The first kappa shape index (κ1) is 24.8. The zero-order valence-corrected chi connectivity index (χ0v) is 20.9. The van der Waals surface area contributed by atoms with E-state index in [9.17, 15) is 9.90 Å². The van der Waals surface area contributed by atoms with E-state index < -0.39 is 5.60 Å². The van der Waals surface area contributed by atoms with Crippen LogP contribution >= 0.6 is 0 Å². The van der Waals surface area contributed by atoms with E-state index >= 15 is 0 Å². The minimum Gasteiger partial charge on any atom is -0.506 e. The summed E-state index contributed by atoms with van der Waals surface area (Å²) in [5, 5.41) is 10.7. The van der Waals surface area contributed by atoms with Gasteiger partial charge in [0.05, 0.1) is 18.2 Å². The summed E-state index contributed by atoms with van der Waals surface area (Å²) in [7, 11) is 3.74. The number of carbonyl (C=O) groups is 1. The normalized spacial score (nSPS) is 17.7. The number of rotatable bonds is 8. The quantitative estimate of drug-likeness (QED) is 0.452. The van der Waals surface area contributed by atoms with Gasteiger partial charge in [0.2, 0.25) is 0 Å². The van der Waals surface area contributed by atoms with Gasteiger partial charge in [0.1, 0.15) is 23.7 Å². The number of phenolic OH excluding ortho intramolecular Hbond substituents is 1. The summed E-state index contributed by atoms with van der Waals surface area (Å²) in [6, 6.07) is 8.88. The molecular formula is C28H34N2O5. The maximum absolute atomic E-state index is 12.8. The van der Waals surface area contributed by atoms with Gasteiger partial charge in [0.15, 0.2) is 17.3 Å². The molecule has 1 fully saturated rings. The number of ketones is 1. The van der Waals surface area contributed by atoms with E-state index in [4.69, 9.17) is 14.2 Å². The fourth-order valence-corrected chi connectivity index (χ4v) is 4.16. The fourth-order valence-electron chi connectivity index (χ4n) is 4.16. The van der Waals surface area contributed by atoms with E-state index in [0.717, 1.165) is 38.3 Å². The van der Waals surface area contributed by atoms with Crippen LogP contribution in [0.3, 0.4) is 0 Å². The molecule has 0 atom stereocenters. The third-order valence-electron chi connectivity index (χ3n) is 6.34. The minimum atomic E-state index is -0.454. The van der Waals surface area contributed by atoms with Gasteiger partial charge in [-0.2, -0.15) is 0 Å². The molecule has 2 aliphatic heterocycles. The average Bonchev–Trinajstić information content (AvgIpc) is 2.83. The Morgan fingerprint density at radius 1 is 1.14 bits per heavy atom. The summed E-state index contributed by atoms with van der Waals surface area (Å²) >= 11 is 0. The van der Waals surface area contributed by atoms with Crippen LogP contribution in [-0.2, 0) is 0 Å². The number of nitrogens with zero attached hydrogens (tertiary/aromatic N) is 2. The molecule has 7 nitrogen and oxygen atoms in total. The van der Waals surface area contributed by atoms with Gasteiger partial charge in [0, 0.05) is 32.7 Å². The summed E-state index contributed by atoms with van der Waals surface area (Å²) < 4.78 is 17.3. The lowest BCUT2D eigenvalue weighted by Crippen LogP contribution is -2.45. The van der Waals surface area contributed by atoms with E-state index in [1.54, 1.807) is 31.4 Å². The number of hydrogen-bond acceptors (Lipinski definition) is 7. The molecule has 0 unspecified atom stereocenters. The first-order valence-electron chi connectivity index (χ1n) is 11.9. The average molecular weight is 479 g/mol. The van der Waals surface area contributed by atoms with Crippen molar-refractivity contribution in [1.82, 2.24) is 9.80 Å². The molecule has 35 heavy (non-hydrogen) atoms. The Hall–Kier alpha value is -3.29. The molecule has 0 bridgehead atoms. The Bertz CT molecular complexity index is 1130. The molecule has 4 rings (SSSR count). The van der Waals surface area contributed by atoms with Crippen LogP contribution in [0.2, 0.25) is 0 Å². The topological polar surface area (TPSA) is 71.5 Å². The highest BCUT2D eigenvalue weighted by atomic mass is 16.5. The maximum atomic E-state index is 12.8. The number of benzene rings is 2. The summed E-state index contributed by atoms with van der Waals surface area (Å²) in [6.07, 6.45) is 6.80. The third-order valence-corrected chi connectivity index (χ3v) is 6.34. The zero-order valence-electron chi connectivity index (χ0n) is 20.9. The molecule has 2 heterocycles. The van der Waals surface area contributed by atoms with E-state index in [1.165, 1.54) is 6.08 Å². The lowest BCUT2D eigenvalue weighted by molar-refractivity contribution is 0.104. The molecule has 0 aliphatic carbocycles. The molecule has 0 radical (unpaired) electrons. The van der Waals surface area contributed by atoms with Crippen molar-refractivity contribution in [2.45, 2.75) is 19.4 Å². The van der Waals surface area contributed by atoms with Crippen LogP contribution in [-0.4, -0.2) is 79.8 Å². The van der Waals surface area contributed by atoms with Gasteiger partial charge >= 0.3 is 0 Å². The number of likely N-dealkylation sites (N-methyl/N-ethyl adjacent to an activating group) is 1. The minimum absolute atomic E-state index is 0.0782. The van der Waals surface area contributed by atoms with Gasteiger partial charge in [-0.1, -0.05) is 12.1 Å². The number of phenols is 1. The lowest BCUT2D eigenvalue weighted by atomic mass is 9.98. The number of piperazine rings is 1. The summed E-state index contributed by atoms with van der Waals surface area (Å²) in [5.74, 6) is 1.47. The third kappa shape index (κ3) is 6.05. The van der Waals surface area contributed by atoms with Gasteiger partial charge in [-0.3, -0.25) is 9.69 Å². The lowest BCUT2D eigenvalue weighted by Gasteiger charge is -2.32. The Kier molecular flexibility index (Phi) is 7.48. The van der Waals surface area contributed by atoms with Crippen molar-refractivity contribution in [2.75, 3.05) is 53.5 Å². The predicted molar refractivity (Wildman–Crippen MR) is 138 cm³/mol. The number of carbonyl (C=O) groups excluding carboxylic acids is 1. The molecule has 0 spiro atoms. The van der Waals surface area contributed by atoms with Gasteiger partial charge in [-0.15, -0.1) is 0 Å². The number of allylic oxidation sites excluding steroid dienone is 1. The molecule has 2 aromatic rings. The van der Waals surface area contributed by atoms with Gasteiger partial charge in [-0.25, -0.2) is 0 Å². The largest absolute Gasteiger partial charge is 0.506 e. The Balaban J connectivity index is 1.39. The van der Waals surface area contributed by atoms with E-state index in [1.807, 2.05) is 38.1 Å². The van der Waals surface area contributed by atoms with E-state index in [-0.39, 0.29) is 17.1 Å². The zero-order chi connectivity index (χ0) is 25.0. The number of aromatic hydroxyl groups is 1. The van der Waals surface area contributed by atoms with Gasteiger partial charge in [-0.05, 0) is 69.0 Å². The Labute approximate surface area is 207 Å². The van der Waals surface area contributed by atoms with Crippen LogP contribution < -0.4 is 14.2 Å². The molecule has 0 amide bonds. The van der Waals surface area contributed by atoms with Gasteiger partial charge < -0.3 is 24.2 Å². The first-order valence-corrected chi connectivity index (χ1v) is 11.9. The second-order valence-electron chi connectivity index (χ2n) is 9.51. The number of ether oxygens (including phenoxy) is 3. The second kappa shape index (κ2) is 10.5. The standard InChI is InChI=1S/C28H34N2O5/c1-28(2)12-11-22-24(35-28)10-7-21(27(22)32)23(31)8-5-20-6-9-25(26(19-20)33-4)34-18-17-30-15-13-29(3)14-16-30/h5-12,19,32H,13-18H2,1-4H3/b8-5+. The van der Waals surface area contributed by atoms with Crippen molar-refractivity contribution < 1.29 is 24.1 Å². The SMILES string of the molecule is COc1cc(/C=C/C(=O)c2ccc3c(c2O)C=CC(C)(C)O3)ccc1OCCN1CCN(C)CC1. The fraction of sp³-hybridized carbons (Fsp3) is 0.393. The van der Waals surface area contributed by atoms with Crippen molar-refractivity contribution in [3.63, 3.8) is 0 Å². The molecule has 0 aromatic heterocycles. The van der Waals surface area contributed by atoms with Crippen molar-refractivity contribution in [1.29, 1.82) is 0 Å². The van der Waals surface area contributed by atoms with Crippen LogP contribution in [0.5, 0.6) is 23.0 Å². The molecule has 2 aliphatic rings. The molecule has 0 saturated carbocycles. The van der Waals surface area contributed by atoms with Crippen LogP contribution in [0.4, 0.5) is 0 Å². The molecule has 186 valence electrons. The summed E-state index contributed by atoms with van der Waals surface area (Å²) in [5.41, 5.74) is 1.08. The van der Waals surface area contributed by atoms with Crippen LogP contribution in [0.15, 0.2) is 42.5 Å². The highest BCUT2D eigenvalue weighted by molar-refractivity contribution is 6.09. The highest BCUT2D eigenvalue weighted by Crippen LogP contribution is 2.38. The van der Waals surface area contributed by atoms with Crippen LogP contribution in [0.25, 0.3) is 12.2 Å². The Morgan fingerprint density at radius 2 is 1.91 bits per heavy atom. The van der Waals surface area contributed by atoms with Crippen LogP contribution in [0.1, 0.15) is 35.3 Å². The molecular weight excluding hydrogens is 444 g/mol. The number of fused-ring (bicyclic) bond motifs is 1.